The van der Waals surface area contributed by atoms with E-state index in [0.717, 1.165) is 10.4 Å². The average molecular weight is 570 g/mol. The first-order valence-electron chi connectivity index (χ1n) is 12.1. The van der Waals surface area contributed by atoms with E-state index in [-0.39, 0.29) is 23.1 Å². The maximum absolute atomic E-state index is 11.7. The lowest BCUT2D eigenvalue weighted by Crippen LogP contribution is -2.35. The molecule has 0 spiro atoms. The Morgan fingerprint density at radius 1 is 1.10 bits per heavy atom. The zero-order valence-corrected chi connectivity index (χ0v) is 22.7. The molecular weight excluding hydrogens is 542 g/mol. The van der Waals surface area contributed by atoms with Gasteiger partial charge in [-0.25, -0.2) is 18.5 Å². The molecule has 2 aromatic carbocycles. The lowest BCUT2D eigenvalue weighted by molar-refractivity contribution is -0.0931. The molecule has 2 aromatic heterocycles. The molecule has 204 valence electrons. The van der Waals surface area contributed by atoms with Gasteiger partial charge >= 0.3 is 0 Å². The van der Waals surface area contributed by atoms with Crippen LogP contribution in [0.4, 0.5) is 0 Å². The maximum atomic E-state index is 11.7. The number of methoxy groups -OCH3 is 1. The van der Waals surface area contributed by atoms with Crippen molar-refractivity contribution in [1.82, 2.24) is 4.98 Å². The van der Waals surface area contributed by atoms with Gasteiger partial charge in [-0.15, -0.1) is 11.3 Å². The number of rotatable bonds is 8. The van der Waals surface area contributed by atoms with Crippen LogP contribution in [-0.2, 0) is 31.5 Å². The Morgan fingerprint density at radius 3 is 2.46 bits per heavy atom. The Kier molecular flexibility index (Phi) is 7.82. The number of oxazole rings is 1. The molecule has 0 unspecified atom stereocenters. The van der Waals surface area contributed by atoms with E-state index in [0.29, 0.717) is 48.8 Å². The number of nitrogens with two attached hydrogens (primary N) is 1. The molecule has 1 aliphatic heterocycles. The Hall–Kier alpha value is -3.55. The van der Waals surface area contributed by atoms with Crippen LogP contribution in [0.1, 0.15) is 23.6 Å². The van der Waals surface area contributed by atoms with Gasteiger partial charge in [0.25, 0.3) is 0 Å². The van der Waals surface area contributed by atoms with Crippen LogP contribution in [0.5, 0.6) is 5.75 Å². The molecule has 0 bridgehead atoms. The molecule has 0 amide bonds. The number of nitrogens with zero attached hydrogens (tertiary/aromatic N) is 2. The lowest BCUT2D eigenvalue weighted by atomic mass is 9.92. The summed E-state index contributed by atoms with van der Waals surface area (Å²) < 4.78 is 47.0. The van der Waals surface area contributed by atoms with E-state index in [1.165, 1.54) is 23.5 Å². The molecule has 4 aromatic rings. The van der Waals surface area contributed by atoms with Crippen LogP contribution < -0.4 is 9.88 Å². The molecule has 3 N–H and O–H groups in total. The number of ether oxygens (including phenoxy) is 3. The molecule has 0 aliphatic carbocycles. The summed E-state index contributed by atoms with van der Waals surface area (Å²) in [6.07, 6.45) is 1.32. The fourth-order valence-corrected chi connectivity index (χ4v) is 6.08. The van der Waals surface area contributed by atoms with E-state index in [1.807, 2.05) is 41.8 Å². The number of sulfonamides is 1. The molecular formula is C27H27N3O7S2. The second-order valence-corrected chi connectivity index (χ2v) is 11.4. The fraction of sp³-hybridized carbons (Fsp3) is 0.259. The number of hydrogen-bond acceptors (Lipinski definition) is 10. The van der Waals surface area contributed by atoms with Crippen molar-refractivity contribution in [2.24, 2.45) is 10.3 Å². The Balaban J connectivity index is 1.45. The van der Waals surface area contributed by atoms with Gasteiger partial charge < -0.3 is 23.8 Å². The second kappa shape index (κ2) is 11.3. The van der Waals surface area contributed by atoms with Crippen molar-refractivity contribution in [3.63, 3.8) is 0 Å². The van der Waals surface area contributed by atoms with Crippen LogP contribution in [0.2, 0.25) is 0 Å². The van der Waals surface area contributed by atoms with Gasteiger partial charge in [0.1, 0.15) is 23.5 Å². The van der Waals surface area contributed by atoms with E-state index in [2.05, 4.69) is 10.1 Å². The van der Waals surface area contributed by atoms with Crippen molar-refractivity contribution in [2.45, 2.75) is 29.8 Å². The number of benzene rings is 2. The van der Waals surface area contributed by atoms with Gasteiger partial charge in [0.05, 0.1) is 9.77 Å². The van der Waals surface area contributed by atoms with Crippen molar-refractivity contribution in [1.29, 1.82) is 0 Å². The SMILES string of the molecule is COC1(c2sccc2OC(Cc2nc(-c3ccccc3)c(-c3ccc(S(N)(=O)=O)cc3)o2)=NO)CCOCC1. The number of primary sulfonamides is 1. The molecule has 0 saturated carbocycles. The van der Waals surface area contributed by atoms with E-state index in [1.54, 1.807) is 19.2 Å². The van der Waals surface area contributed by atoms with Crippen molar-refractivity contribution in [3.8, 4) is 28.3 Å². The molecule has 3 heterocycles. The van der Waals surface area contributed by atoms with E-state index in [4.69, 9.17) is 23.8 Å². The van der Waals surface area contributed by atoms with Crippen LogP contribution in [0.25, 0.3) is 22.6 Å². The molecule has 0 radical (unpaired) electrons. The van der Waals surface area contributed by atoms with Gasteiger partial charge in [-0.1, -0.05) is 35.5 Å². The highest BCUT2D eigenvalue weighted by atomic mass is 32.2. The third-order valence-electron chi connectivity index (χ3n) is 6.54. The van der Waals surface area contributed by atoms with E-state index >= 15 is 0 Å². The number of thiophene rings is 1. The van der Waals surface area contributed by atoms with Crippen LogP contribution >= 0.6 is 11.3 Å². The smallest absolute Gasteiger partial charge is 0.240 e. The topological polar surface area (TPSA) is 146 Å². The largest absolute Gasteiger partial charge is 0.439 e. The fourth-order valence-electron chi connectivity index (χ4n) is 4.51. The van der Waals surface area contributed by atoms with Gasteiger partial charge in [-0.3, -0.25) is 0 Å². The third-order valence-corrected chi connectivity index (χ3v) is 8.55. The molecule has 5 rings (SSSR count). The Morgan fingerprint density at radius 2 is 1.82 bits per heavy atom. The van der Waals surface area contributed by atoms with Crippen molar-refractivity contribution < 1.29 is 32.3 Å². The Bertz CT molecular complexity index is 1560. The summed E-state index contributed by atoms with van der Waals surface area (Å²) in [5.74, 6) is 1.19. The summed E-state index contributed by atoms with van der Waals surface area (Å²) in [5.41, 5.74) is 1.40. The van der Waals surface area contributed by atoms with Crippen molar-refractivity contribution >= 4 is 27.3 Å². The second-order valence-electron chi connectivity index (χ2n) is 8.92. The molecule has 0 atom stereocenters. The van der Waals surface area contributed by atoms with Crippen LogP contribution in [-0.4, -0.2) is 44.8 Å². The Labute approximate surface area is 229 Å². The normalized spacial score (nSPS) is 15.8. The van der Waals surface area contributed by atoms with Crippen LogP contribution in [0.3, 0.4) is 0 Å². The van der Waals surface area contributed by atoms with Crippen molar-refractivity contribution in [3.05, 3.63) is 76.8 Å². The highest BCUT2D eigenvalue weighted by Crippen LogP contribution is 2.44. The molecule has 1 aliphatic rings. The van der Waals surface area contributed by atoms with Crippen LogP contribution in [0.15, 0.2) is 80.5 Å². The molecule has 1 fully saturated rings. The monoisotopic (exact) mass is 569 g/mol. The molecule has 12 heteroatoms. The van der Waals surface area contributed by atoms with Crippen LogP contribution in [0, 0.1) is 0 Å². The van der Waals surface area contributed by atoms with Gasteiger partial charge in [0, 0.05) is 44.3 Å². The number of aromatic nitrogens is 1. The first-order valence-corrected chi connectivity index (χ1v) is 14.5. The average Bonchev–Trinajstić information content (AvgIpc) is 3.61. The molecule has 39 heavy (non-hydrogen) atoms. The minimum absolute atomic E-state index is 0.00931. The summed E-state index contributed by atoms with van der Waals surface area (Å²) >= 11 is 1.51. The zero-order valence-electron chi connectivity index (χ0n) is 21.1. The lowest BCUT2D eigenvalue weighted by Gasteiger charge is -2.35. The van der Waals surface area contributed by atoms with Gasteiger partial charge in [0.15, 0.2) is 5.76 Å². The number of oxime groups is 1. The summed E-state index contributed by atoms with van der Waals surface area (Å²) in [6, 6.07) is 17.2. The quantitative estimate of drug-likeness (QED) is 0.133. The summed E-state index contributed by atoms with van der Waals surface area (Å²) in [6.45, 7) is 1.15. The van der Waals surface area contributed by atoms with Gasteiger partial charge in [-0.2, -0.15) is 0 Å². The minimum atomic E-state index is -3.84. The van der Waals surface area contributed by atoms with Gasteiger partial charge in [-0.05, 0) is 35.7 Å². The predicted octanol–water partition coefficient (Wildman–Crippen LogP) is 4.78. The number of hydrogen-bond donors (Lipinski definition) is 2. The van der Waals surface area contributed by atoms with E-state index in [9.17, 15) is 13.6 Å². The zero-order chi connectivity index (χ0) is 27.5. The summed E-state index contributed by atoms with van der Waals surface area (Å²) in [4.78, 5) is 5.54. The summed E-state index contributed by atoms with van der Waals surface area (Å²) in [5, 5.41) is 20.3. The maximum Gasteiger partial charge on any atom is 0.240 e. The highest BCUT2D eigenvalue weighted by molar-refractivity contribution is 7.89. The van der Waals surface area contributed by atoms with E-state index < -0.39 is 15.6 Å². The summed E-state index contributed by atoms with van der Waals surface area (Å²) in [7, 11) is -2.17. The molecule has 10 nitrogen and oxygen atoms in total. The predicted molar refractivity (Wildman–Crippen MR) is 145 cm³/mol. The molecule has 1 saturated heterocycles. The first kappa shape index (κ1) is 27.0. The van der Waals surface area contributed by atoms with Gasteiger partial charge in [0.2, 0.25) is 21.8 Å². The minimum Gasteiger partial charge on any atom is -0.439 e. The standard InChI is InChI=1S/C27H27N3O7S2/c1-34-27(12-14-35-15-13-27)26-21(11-16-38-26)36-23(30-31)17-22-29-24(18-5-3-2-4-6-18)25(37-22)19-7-9-20(10-8-19)39(28,32)33/h2-11,16,31H,12-15,17H2,1H3,(H2,28,32,33). The third kappa shape index (κ3) is 5.75. The van der Waals surface area contributed by atoms with Crippen molar-refractivity contribution in [2.75, 3.05) is 20.3 Å². The highest BCUT2D eigenvalue weighted by Gasteiger charge is 2.38. The first-order chi connectivity index (χ1) is 18.8.